The van der Waals surface area contributed by atoms with Gasteiger partial charge in [-0.05, 0) is 23.9 Å². The largest absolute Gasteiger partial charge is 0.461 e. The maximum absolute atomic E-state index is 11.2. The van der Waals surface area contributed by atoms with Gasteiger partial charge in [0.05, 0.1) is 5.56 Å². The highest BCUT2D eigenvalue weighted by molar-refractivity contribution is 6.13. The van der Waals surface area contributed by atoms with Gasteiger partial charge in [-0.2, -0.15) is 0 Å². The van der Waals surface area contributed by atoms with Crippen LogP contribution in [0.3, 0.4) is 0 Å². The van der Waals surface area contributed by atoms with Crippen LogP contribution in [-0.4, -0.2) is 19.1 Å². The lowest BCUT2D eigenvalue weighted by atomic mass is 10.2. The lowest BCUT2D eigenvalue weighted by molar-refractivity contribution is 0.0513. The zero-order valence-corrected chi connectivity index (χ0v) is 7.75. The lowest BCUT2D eigenvalue weighted by Gasteiger charge is -2.02. The van der Waals surface area contributed by atoms with Crippen molar-refractivity contribution in [2.75, 3.05) is 13.2 Å². The number of hydrogen-bond acceptors (Lipinski definition) is 3. The third-order valence-electron chi connectivity index (χ3n) is 1.44. The quantitative estimate of drug-likeness (QED) is 0.455. The van der Waals surface area contributed by atoms with Crippen molar-refractivity contribution in [1.82, 2.24) is 4.84 Å². The topological polar surface area (TPSA) is 38.3 Å². The average molecular weight is 200 g/mol. The fourth-order valence-corrected chi connectivity index (χ4v) is 0.917. The normalized spacial score (nSPS) is 9.62. The molecular weight excluding hydrogens is 190 g/mol. The Morgan fingerprint density at radius 1 is 1.38 bits per heavy atom. The number of nitrogens with one attached hydrogen (secondary N) is 1. The maximum Gasteiger partial charge on any atom is 0.338 e. The first-order valence-corrected chi connectivity index (χ1v) is 4.28. The van der Waals surface area contributed by atoms with E-state index in [4.69, 9.17) is 16.5 Å². The number of benzene rings is 1. The predicted octanol–water partition coefficient (Wildman–Crippen LogP) is 1.59. The monoisotopic (exact) mass is 199 g/mol. The van der Waals surface area contributed by atoms with E-state index in [1.807, 2.05) is 6.07 Å². The second kappa shape index (κ2) is 5.56. The summed E-state index contributed by atoms with van der Waals surface area (Å²) in [6.45, 7) is 0.720. The molecule has 0 bridgehead atoms. The maximum atomic E-state index is 11.2. The molecule has 0 fully saturated rings. The van der Waals surface area contributed by atoms with Crippen molar-refractivity contribution < 1.29 is 9.53 Å². The molecule has 13 heavy (non-hydrogen) atoms. The standard InChI is InChI=1S/C9H10ClNO2/c10-11-6-7-13-9(12)8-4-2-1-3-5-8/h1-5,11H,6-7H2. The minimum atomic E-state index is -0.326. The van der Waals surface area contributed by atoms with Crippen LogP contribution in [0, 0.1) is 0 Å². The van der Waals surface area contributed by atoms with E-state index in [1.54, 1.807) is 24.3 Å². The summed E-state index contributed by atoms with van der Waals surface area (Å²) in [5, 5.41) is 0. The molecule has 0 spiro atoms. The molecule has 0 saturated heterocycles. The number of hydrogen-bond donors (Lipinski definition) is 1. The second-order valence-electron chi connectivity index (χ2n) is 2.39. The molecule has 1 aromatic carbocycles. The summed E-state index contributed by atoms with van der Waals surface area (Å²) in [4.78, 5) is 13.6. The molecule has 0 aromatic heterocycles. The third kappa shape index (κ3) is 3.44. The minimum Gasteiger partial charge on any atom is -0.461 e. The van der Waals surface area contributed by atoms with E-state index in [9.17, 15) is 4.79 Å². The Kier molecular flexibility index (Phi) is 4.29. The molecule has 4 heteroatoms. The van der Waals surface area contributed by atoms with Gasteiger partial charge >= 0.3 is 5.97 Å². The fraction of sp³-hybridized carbons (Fsp3) is 0.222. The Bertz CT molecular complexity index is 264. The van der Waals surface area contributed by atoms with E-state index < -0.39 is 0 Å². The van der Waals surface area contributed by atoms with Crippen LogP contribution in [0.25, 0.3) is 0 Å². The smallest absolute Gasteiger partial charge is 0.338 e. The molecule has 0 radical (unpaired) electrons. The van der Waals surface area contributed by atoms with Gasteiger partial charge in [0.15, 0.2) is 0 Å². The number of halogens is 1. The SMILES string of the molecule is O=C(OCCNCl)c1ccccc1. The molecule has 1 aromatic rings. The molecule has 0 aliphatic heterocycles. The molecule has 0 heterocycles. The summed E-state index contributed by atoms with van der Waals surface area (Å²) in [5.41, 5.74) is 0.553. The molecule has 0 unspecified atom stereocenters. The van der Waals surface area contributed by atoms with Gasteiger partial charge in [0, 0.05) is 6.54 Å². The van der Waals surface area contributed by atoms with Crippen LogP contribution in [0.5, 0.6) is 0 Å². The number of carbonyl (C=O) groups is 1. The summed E-state index contributed by atoms with van der Waals surface area (Å²) in [6, 6.07) is 8.83. The van der Waals surface area contributed by atoms with Gasteiger partial charge < -0.3 is 4.74 Å². The Balaban J connectivity index is 2.40. The van der Waals surface area contributed by atoms with Crippen molar-refractivity contribution in [3.63, 3.8) is 0 Å². The van der Waals surface area contributed by atoms with E-state index in [0.717, 1.165) is 0 Å². The summed E-state index contributed by atoms with van der Waals surface area (Å²) in [7, 11) is 0. The Labute approximate surface area is 81.8 Å². The van der Waals surface area contributed by atoms with Crippen LogP contribution in [0.4, 0.5) is 0 Å². The molecule has 0 saturated carbocycles. The lowest BCUT2D eigenvalue weighted by Crippen LogP contribution is -2.14. The number of ether oxygens (including phenoxy) is 1. The van der Waals surface area contributed by atoms with Crippen molar-refractivity contribution in [2.24, 2.45) is 0 Å². The van der Waals surface area contributed by atoms with E-state index in [2.05, 4.69) is 4.84 Å². The van der Waals surface area contributed by atoms with Crippen LogP contribution in [0.1, 0.15) is 10.4 Å². The summed E-state index contributed by atoms with van der Waals surface area (Å²) >= 11 is 5.19. The summed E-state index contributed by atoms with van der Waals surface area (Å²) in [6.07, 6.45) is 0. The van der Waals surface area contributed by atoms with E-state index in [-0.39, 0.29) is 12.6 Å². The molecule has 3 nitrogen and oxygen atoms in total. The first-order chi connectivity index (χ1) is 6.34. The van der Waals surface area contributed by atoms with Crippen LogP contribution in [-0.2, 0) is 4.74 Å². The molecule has 0 aliphatic carbocycles. The molecule has 0 atom stereocenters. The van der Waals surface area contributed by atoms with Gasteiger partial charge in [-0.3, -0.25) is 0 Å². The van der Waals surface area contributed by atoms with Crippen molar-refractivity contribution in [2.45, 2.75) is 0 Å². The zero-order valence-electron chi connectivity index (χ0n) is 7.00. The minimum absolute atomic E-state index is 0.275. The predicted molar refractivity (Wildman–Crippen MR) is 50.6 cm³/mol. The fourth-order valence-electron chi connectivity index (χ4n) is 0.840. The average Bonchev–Trinajstić information content (AvgIpc) is 2.19. The van der Waals surface area contributed by atoms with Crippen molar-refractivity contribution in [3.05, 3.63) is 35.9 Å². The Morgan fingerprint density at radius 3 is 2.69 bits per heavy atom. The van der Waals surface area contributed by atoms with Gasteiger partial charge in [-0.1, -0.05) is 18.2 Å². The van der Waals surface area contributed by atoms with Gasteiger partial charge in [0.2, 0.25) is 0 Å². The van der Waals surface area contributed by atoms with Gasteiger partial charge in [0.25, 0.3) is 0 Å². The number of carbonyl (C=O) groups excluding carboxylic acids is 1. The Hall–Kier alpha value is -1.06. The third-order valence-corrected chi connectivity index (χ3v) is 1.63. The highest BCUT2D eigenvalue weighted by Gasteiger charge is 2.04. The van der Waals surface area contributed by atoms with E-state index in [0.29, 0.717) is 12.1 Å². The Morgan fingerprint density at radius 2 is 2.08 bits per heavy atom. The summed E-state index contributed by atoms with van der Waals surface area (Å²) < 4.78 is 4.88. The second-order valence-corrected chi connectivity index (χ2v) is 2.65. The van der Waals surface area contributed by atoms with E-state index >= 15 is 0 Å². The highest BCUT2D eigenvalue weighted by Crippen LogP contribution is 2.00. The highest BCUT2D eigenvalue weighted by atomic mass is 35.5. The number of rotatable bonds is 4. The van der Waals surface area contributed by atoms with Crippen LogP contribution in [0.2, 0.25) is 0 Å². The first kappa shape index (κ1) is 10.0. The van der Waals surface area contributed by atoms with Crippen LogP contribution >= 0.6 is 11.8 Å². The zero-order chi connectivity index (χ0) is 9.52. The summed E-state index contributed by atoms with van der Waals surface area (Å²) in [5.74, 6) is -0.326. The van der Waals surface area contributed by atoms with E-state index in [1.165, 1.54) is 0 Å². The van der Waals surface area contributed by atoms with Gasteiger partial charge in [-0.15, -0.1) is 0 Å². The molecule has 0 amide bonds. The first-order valence-electron chi connectivity index (χ1n) is 3.90. The van der Waals surface area contributed by atoms with Crippen molar-refractivity contribution >= 4 is 17.7 Å². The van der Waals surface area contributed by atoms with Gasteiger partial charge in [-0.25, -0.2) is 9.63 Å². The molecule has 1 rings (SSSR count). The molecule has 1 N–H and O–H groups in total. The van der Waals surface area contributed by atoms with Gasteiger partial charge in [0.1, 0.15) is 6.61 Å². The van der Waals surface area contributed by atoms with Crippen molar-refractivity contribution in [1.29, 1.82) is 0 Å². The number of esters is 1. The molecule has 0 aliphatic rings. The van der Waals surface area contributed by atoms with Crippen molar-refractivity contribution in [3.8, 4) is 0 Å². The molecule has 70 valence electrons. The van der Waals surface area contributed by atoms with Crippen LogP contribution in [0.15, 0.2) is 30.3 Å². The van der Waals surface area contributed by atoms with Crippen LogP contribution < -0.4 is 4.84 Å². The molecular formula is C9H10ClNO2.